The highest BCUT2D eigenvalue weighted by atomic mass is 35.5. The molecule has 3 aromatic carbocycles. The van der Waals surface area contributed by atoms with Crippen molar-refractivity contribution >= 4 is 51.2 Å². The molecule has 2 aromatic heterocycles. The molecule has 0 saturated carbocycles. The van der Waals surface area contributed by atoms with E-state index < -0.39 is 0 Å². The third-order valence-electron chi connectivity index (χ3n) is 9.52. The van der Waals surface area contributed by atoms with Crippen LogP contribution in [0.3, 0.4) is 0 Å². The molecule has 1 saturated heterocycles. The first kappa shape index (κ1) is 35.4. The van der Waals surface area contributed by atoms with E-state index in [0.717, 1.165) is 48.6 Å². The van der Waals surface area contributed by atoms with Crippen LogP contribution in [-0.2, 0) is 6.61 Å². The van der Waals surface area contributed by atoms with Crippen molar-refractivity contribution in [3.05, 3.63) is 130 Å². The summed E-state index contributed by atoms with van der Waals surface area (Å²) in [6, 6.07) is 27.6. The summed E-state index contributed by atoms with van der Waals surface area (Å²) in [6.07, 6.45) is 7.55. The Labute approximate surface area is 314 Å². The molecule has 0 spiro atoms. The fourth-order valence-electron chi connectivity index (χ4n) is 6.69. The molecule has 10 nitrogen and oxygen atoms in total. The summed E-state index contributed by atoms with van der Waals surface area (Å²) in [4.78, 5) is 11.4. The summed E-state index contributed by atoms with van der Waals surface area (Å²) < 4.78 is 5.92. The summed E-state index contributed by atoms with van der Waals surface area (Å²) >= 11 is 13.6. The molecule has 0 bridgehead atoms. The molecule has 52 heavy (non-hydrogen) atoms. The normalized spacial score (nSPS) is 15.8. The van der Waals surface area contributed by atoms with Gasteiger partial charge in [0.05, 0.1) is 44.2 Å². The number of nitriles is 1. The second-order valence-corrected chi connectivity index (χ2v) is 14.8. The summed E-state index contributed by atoms with van der Waals surface area (Å²) in [5.74, 6) is 0.526. The van der Waals surface area contributed by atoms with Crippen LogP contribution in [0.15, 0.2) is 103 Å². The maximum Gasteiger partial charge on any atom is 0.138 e. The van der Waals surface area contributed by atoms with Crippen LogP contribution in [0.4, 0.5) is 17.1 Å². The Morgan fingerprint density at radius 2 is 1.73 bits per heavy atom. The van der Waals surface area contributed by atoms with Crippen molar-refractivity contribution in [2.45, 2.75) is 57.8 Å². The van der Waals surface area contributed by atoms with E-state index in [1.165, 1.54) is 6.20 Å². The topological polar surface area (TPSA) is 113 Å². The Bertz CT molecular complexity index is 2110. The minimum absolute atomic E-state index is 0.165. The van der Waals surface area contributed by atoms with Crippen molar-refractivity contribution in [3.8, 4) is 11.8 Å². The molecular formula is C40H41Cl2N9O. The number of ether oxygens (including phenoxy) is 1. The molecule has 266 valence electrons. The molecule has 0 unspecified atom stereocenters. The number of hydrazine groups is 2. The highest BCUT2D eigenvalue weighted by molar-refractivity contribution is 6.36. The van der Waals surface area contributed by atoms with Crippen molar-refractivity contribution in [3.63, 3.8) is 0 Å². The Morgan fingerprint density at radius 3 is 2.44 bits per heavy atom. The summed E-state index contributed by atoms with van der Waals surface area (Å²) in [5, 5.41) is 21.0. The van der Waals surface area contributed by atoms with Crippen molar-refractivity contribution in [2.75, 3.05) is 23.7 Å². The van der Waals surface area contributed by atoms with E-state index in [2.05, 4.69) is 86.6 Å². The number of benzene rings is 3. The van der Waals surface area contributed by atoms with Gasteiger partial charge in [-0.15, -0.1) is 5.53 Å². The number of nitrogens with one attached hydrogen (secondary N) is 4. The zero-order valence-corrected chi connectivity index (χ0v) is 30.8. The molecule has 0 amide bonds. The Balaban J connectivity index is 1.16. The standard InChI is InChI=1S/C40H41Cl2N9O/c1-40(2,3)50-17-14-31(15-18-50)51-24-35(48-49-51)38(26-9-5-4-6-10-26)47-30-19-32-37(27(22-43)23-45-39(32)34(42)21-30)46-28-12-13-36(33(41)20-28)52-25-29-11-7-8-16-44-29/h4-13,16,19-21,23-24,31,38,47-49H,14-15,17-18,25H2,1-3H3,(H,45,46)/t38-/m0/s1. The SMILES string of the molecule is CC(C)(C)N1CCC(N2C=C([C@@H](Nc3cc(Cl)c4ncc(C#N)c(Nc5ccc(OCc6ccccn6)c(Cl)c5)c4c3)c3ccccc3)NN2)CC1. The molecule has 5 aromatic rings. The summed E-state index contributed by atoms with van der Waals surface area (Å²) in [6.45, 7) is 9.23. The monoisotopic (exact) mass is 733 g/mol. The number of nitrogens with zero attached hydrogens (tertiary/aromatic N) is 5. The van der Waals surface area contributed by atoms with Gasteiger partial charge in [0.1, 0.15) is 18.4 Å². The smallest absolute Gasteiger partial charge is 0.138 e. The zero-order valence-electron chi connectivity index (χ0n) is 29.3. The van der Waals surface area contributed by atoms with Gasteiger partial charge in [0.2, 0.25) is 0 Å². The van der Waals surface area contributed by atoms with E-state index in [1.54, 1.807) is 18.3 Å². The Kier molecular flexibility index (Phi) is 10.4. The van der Waals surface area contributed by atoms with Crippen LogP contribution in [0.5, 0.6) is 5.75 Å². The van der Waals surface area contributed by atoms with Crippen LogP contribution in [0, 0.1) is 11.3 Å². The number of halogens is 2. The summed E-state index contributed by atoms with van der Waals surface area (Å²) in [5.41, 5.74) is 12.8. The number of anilines is 3. The molecule has 1 atom stereocenters. The van der Waals surface area contributed by atoms with Crippen LogP contribution < -0.4 is 26.3 Å². The zero-order chi connectivity index (χ0) is 36.2. The molecule has 4 heterocycles. The van der Waals surface area contributed by atoms with Gasteiger partial charge in [-0.25, -0.2) is 0 Å². The molecule has 1 fully saturated rings. The average molecular weight is 735 g/mol. The highest BCUT2D eigenvalue weighted by Gasteiger charge is 2.32. The number of likely N-dealkylation sites (tertiary alicyclic amines) is 1. The first-order valence-corrected chi connectivity index (χ1v) is 18.1. The van der Waals surface area contributed by atoms with Crippen molar-refractivity contribution in [1.82, 2.24) is 30.8 Å². The number of aromatic nitrogens is 2. The lowest BCUT2D eigenvalue weighted by molar-refractivity contribution is 0.0570. The number of rotatable bonds is 10. The number of piperidine rings is 1. The van der Waals surface area contributed by atoms with E-state index in [0.29, 0.717) is 49.7 Å². The fraction of sp³-hybridized carbons (Fsp3) is 0.275. The van der Waals surface area contributed by atoms with E-state index >= 15 is 0 Å². The first-order valence-electron chi connectivity index (χ1n) is 17.4. The largest absolute Gasteiger partial charge is 0.486 e. The minimum Gasteiger partial charge on any atom is -0.486 e. The quantitative estimate of drug-likeness (QED) is 0.111. The van der Waals surface area contributed by atoms with Gasteiger partial charge in [0.25, 0.3) is 0 Å². The van der Waals surface area contributed by atoms with Crippen molar-refractivity contribution in [2.24, 2.45) is 0 Å². The van der Waals surface area contributed by atoms with E-state index in [1.807, 2.05) is 54.6 Å². The second kappa shape index (κ2) is 15.3. The second-order valence-electron chi connectivity index (χ2n) is 14.0. The van der Waals surface area contributed by atoms with Gasteiger partial charge in [-0.1, -0.05) is 59.6 Å². The van der Waals surface area contributed by atoms with Crippen molar-refractivity contribution < 1.29 is 4.74 Å². The fourth-order valence-corrected chi connectivity index (χ4v) is 7.20. The van der Waals surface area contributed by atoms with E-state index in [9.17, 15) is 5.26 Å². The molecule has 0 radical (unpaired) electrons. The molecule has 7 rings (SSSR count). The first-order chi connectivity index (χ1) is 25.2. The third-order valence-corrected chi connectivity index (χ3v) is 10.1. The van der Waals surface area contributed by atoms with Crippen LogP contribution in [0.25, 0.3) is 10.9 Å². The van der Waals surface area contributed by atoms with Crippen LogP contribution >= 0.6 is 23.2 Å². The predicted molar refractivity (Wildman–Crippen MR) is 208 cm³/mol. The van der Waals surface area contributed by atoms with E-state index in [4.69, 9.17) is 27.9 Å². The minimum atomic E-state index is -0.233. The van der Waals surface area contributed by atoms with E-state index in [-0.39, 0.29) is 18.2 Å². The van der Waals surface area contributed by atoms with Gasteiger partial charge < -0.3 is 20.8 Å². The molecule has 2 aliphatic heterocycles. The van der Waals surface area contributed by atoms with Gasteiger partial charge in [0, 0.05) is 60.0 Å². The molecule has 12 heteroatoms. The average Bonchev–Trinajstić information content (AvgIpc) is 3.64. The summed E-state index contributed by atoms with van der Waals surface area (Å²) in [7, 11) is 0. The van der Waals surface area contributed by atoms with Gasteiger partial charge in [-0.05, 0) is 81.6 Å². The molecular weight excluding hydrogens is 693 g/mol. The van der Waals surface area contributed by atoms with Gasteiger partial charge in [-0.2, -0.15) is 5.26 Å². The van der Waals surface area contributed by atoms with Crippen LogP contribution in [0.1, 0.15) is 56.5 Å². The predicted octanol–water partition coefficient (Wildman–Crippen LogP) is 8.71. The maximum absolute atomic E-state index is 10.1. The van der Waals surface area contributed by atoms with Gasteiger partial charge in [0.15, 0.2) is 0 Å². The molecule has 2 aliphatic rings. The van der Waals surface area contributed by atoms with Gasteiger partial charge in [-0.3, -0.25) is 19.9 Å². The lowest BCUT2D eigenvalue weighted by atomic mass is 9.98. The maximum atomic E-state index is 10.1. The number of hydrogen-bond donors (Lipinski definition) is 4. The lowest BCUT2D eigenvalue weighted by Gasteiger charge is -2.42. The molecule has 4 N–H and O–H groups in total. The third kappa shape index (κ3) is 7.88. The highest BCUT2D eigenvalue weighted by Crippen LogP contribution is 2.38. The molecule has 0 aliphatic carbocycles. The van der Waals surface area contributed by atoms with Crippen LogP contribution in [0.2, 0.25) is 10.0 Å². The van der Waals surface area contributed by atoms with Gasteiger partial charge >= 0.3 is 0 Å². The number of fused-ring (bicyclic) bond motifs is 1. The Morgan fingerprint density at radius 1 is 0.962 bits per heavy atom. The lowest BCUT2D eigenvalue weighted by Crippen LogP contribution is -2.52. The number of pyridine rings is 2. The Hall–Kier alpha value is -5.05. The number of hydrogen-bond acceptors (Lipinski definition) is 10. The van der Waals surface area contributed by atoms with Crippen molar-refractivity contribution in [1.29, 1.82) is 5.26 Å². The van der Waals surface area contributed by atoms with Crippen LogP contribution in [-0.4, -0.2) is 44.5 Å².